The van der Waals surface area contributed by atoms with E-state index in [0.29, 0.717) is 24.2 Å². The van der Waals surface area contributed by atoms with Crippen LogP contribution < -0.4 is 5.56 Å². The van der Waals surface area contributed by atoms with E-state index in [9.17, 15) is 13.2 Å². The lowest BCUT2D eigenvalue weighted by Crippen LogP contribution is -2.36. The number of hydrogen-bond acceptors (Lipinski definition) is 5. The van der Waals surface area contributed by atoms with Gasteiger partial charge in [-0.25, -0.2) is 13.4 Å². The van der Waals surface area contributed by atoms with Crippen molar-refractivity contribution >= 4 is 20.7 Å². The van der Waals surface area contributed by atoms with Crippen LogP contribution in [0.2, 0.25) is 0 Å². The summed E-state index contributed by atoms with van der Waals surface area (Å²) in [5, 5.41) is 0.925. The molecule has 0 fully saturated rings. The molecule has 2 aromatic heterocycles. The Balaban J connectivity index is 1.62. The molecule has 1 aliphatic rings. The number of para-hydroxylation sites is 1. The van der Waals surface area contributed by atoms with Gasteiger partial charge in [-0.1, -0.05) is 18.2 Å². The Morgan fingerprint density at radius 1 is 1.28 bits per heavy atom. The molecule has 7 nitrogen and oxygen atoms in total. The summed E-state index contributed by atoms with van der Waals surface area (Å²) in [4.78, 5) is 24.3. The Bertz CT molecular complexity index is 1110. The first-order valence-corrected chi connectivity index (χ1v) is 9.90. The Labute approximate surface area is 144 Å². The second kappa shape index (κ2) is 5.82. The average Bonchev–Trinajstić information content (AvgIpc) is 2.98. The molecule has 0 unspecified atom stereocenters. The van der Waals surface area contributed by atoms with Crippen LogP contribution in [0.15, 0.2) is 40.4 Å². The molecule has 0 bridgehead atoms. The molecule has 2 N–H and O–H groups in total. The van der Waals surface area contributed by atoms with Crippen molar-refractivity contribution in [3.63, 3.8) is 0 Å². The third kappa shape index (κ3) is 2.98. The van der Waals surface area contributed by atoms with Gasteiger partial charge in [-0.2, -0.15) is 0 Å². The van der Waals surface area contributed by atoms with E-state index in [4.69, 9.17) is 0 Å². The number of rotatable bonds is 3. The standard InChI is InChI=1S/C17H18N4O3S/c1-25(23,24)17-19-15-6-7-21(10-13(15)16(22)20-17)9-11-8-18-14-5-3-2-4-12(11)14/h2-5,8,18H,6-7,9-10H2,1H3,(H,19,20,22). The van der Waals surface area contributed by atoms with Crippen molar-refractivity contribution in [3.05, 3.63) is 57.6 Å². The summed E-state index contributed by atoms with van der Waals surface area (Å²) in [5.41, 5.74) is 3.04. The van der Waals surface area contributed by atoms with E-state index in [1.165, 1.54) is 10.9 Å². The maximum absolute atomic E-state index is 12.3. The predicted octanol–water partition coefficient (Wildman–Crippen LogP) is 1.21. The molecule has 0 radical (unpaired) electrons. The maximum atomic E-state index is 12.3. The van der Waals surface area contributed by atoms with Gasteiger partial charge in [0.05, 0.1) is 11.3 Å². The van der Waals surface area contributed by atoms with Gasteiger partial charge in [-0.05, 0) is 11.6 Å². The number of aromatic nitrogens is 3. The van der Waals surface area contributed by atoms with Crippen LogP contribution in [-0.2, 0) is 29.3 Å². The van der Waals surface area contributed by atoms with Crippen LogP contribution in [0.5, 0.6) is 0 Å². The summed E-state index contributed by atoms with van der Waals surface area (Å²) in [6.07, 6.45) is 3.60. The van der Waals surface area contributed by atoms with Gasteiger partial charge in [0.2, 0.25) is 15.0 Å². The van der Waals surface area contributed by atoms with Crippen molar-refractivity contribution < 1.29 is 8.42 Å². The van der Waals surface area contributed by atoms with Gasteiger partial charge < -0.3 is 4.98 Å². The summed E-state index contributed by atoms with van der Waals surface area (Å²) in [6, 6.07) is 8.11. The van der Waals surface area contributed by atoms with Gasteiger partial charge in [0, 0.05) is 49.4 Å². The van der Waals surface area contributed by atoms with Crippen molar-refractivity contribution in [1.29, 1.82) is 0 Å². The summed E-state index contributed by atoms with van der Waals surface area (Å²) < 4.78 is 23.2. The second-order valence-corrected chi connectivity index (χ2v) is 8.32. The van der Waals surface area contributed by atoms with Gasteiger partial charge in [0.15, 0.2) is 0 Å². The van der Waals surface area contributed by atoms with Crippen LogP contribution in [-0.4, -0.2) is 41.1 Å². The molecule has 1 aromatic carbocycles. The quantitative estimate of drug-likeness (QED) is 0.686. The van der Waals surface area contributed by atoms with Gasteiger partial charge in [-0.15, -0.1) is 0 Å². The van der Waals surface area contributed by atoms with Gasteiger partial charge in [0.1, 0.15) is 0 Å². The summed E-state index contributed by atoms with van der Waals surface area (Å²) in [6.45, 7) is 1.91. The fraction of sp³-hybridized carbons (Fsp3) is 0.294. The van der Waals surface area contributed by atoms with E-state index in [1.807, 2.05) is 24.4 Å². The zero-order valence-corrected chi connectivity index (χ0v) is 14.6. The van der Waals surface area contributed by atoms with Crippen molar-refractivity contribution in [2.75, 3.05) is 12.8 Å². The molecule has 130 valence electrons. The lowest BCUT2D eigenvalue weighted by molar-refractivity contribution is 0.241. The SMILES string of the molecule is CS(=O)(=O)c1nc2c(c(=O)[nH]1)CN(Cc1c[nH]c3ccccc13)CC2. The van der Waals surface area contributed by atoms with E-state index in [2.05, 4.69) is 25.9 Å². The highest BCUT2D eigenvalue weighted by molar-refractivity contribution is 7.90. The molecule has 0 aliphatic carbocycles. The number of nitrogens with zero attached hydrogens (tertiary/aromatic N) is 2. The smallest absolute Gasteiger partial charge is 0.256 e. The molecule has 25 heavy (non-hydrogen) atoms. The number of benzene rings is 1. The van der Waals surface area contributed by atoms with Gasteiger partial charge >= 0.3 is 0 Å². The molecule has 0 atom stereocenters. The second-order valence-electron chi connectivity index (χ2n) is 6.39. The van der Waals surface area contributed by atoms with Gasteiger partial charge in [0.25, 0.3) is 5.56 Å². The van der Waals surface area contributed by atoms with E-state index >= 15 is 0 Å². The Hall–Kier alpha value is -2.45. The minimum absolute atomic E-state index is 0.249. The molecule has 4 rings (SSSR count). The van der Waals surface area contributed by atoms with Crippen molar-refractivity contribution in [2.24, 2.45) is 0 Å². The zero-order valence-electron chi connectivity index (χ0n) is 13.7. The number of nitrogens with one attached hydrogen (secondary N) is 2. The van der Waals surface area contributed by atoms with E-state index in [-0.39, 0.29) is 10.7 Å². The number of H-pyrrole nitrogens is 2. The van der Waals surface area contributed by atoms with Crippen LogP contribution >= 0.6 is 0 Å². The highest BCUT2D eigenvalue weighted by Gasteiger charge is 2.24. The molecule has 8 heteroatoms. The number of hydrogen-bond donors (Lipinski definition) is 2. The number of fused-ring (bicyclic) bond motifs is 2. The molecule has 3 aromatic rings. The predicted molar refractivity (Wildman–Crippen MR) is 94.1 cm³/mol. The first kappa shape index (κ1) is 16.0. The molecular formula is C17H18N4O3S. The van der Waals surface area contributed by atoms with Crippen LogP contribution in [0.4, 0.5) is 0 Å². The lowest BCUT2D eigenvalue weighted by atomic mass is 10.1. The molecule has 0 amide bonds. The van der Waals surface area contributed by atoms with Crippen LogP contribution in [0, 0.1) is 0 Å². The molecular weight excluding hydrogens is 340 g/mol. The maximum Gasteiger partial charge on any atom is 0.256 e. The number of aromatic amines is 2. The summed E-state index contributed by atoms with van der Waals surface area (Å²) in [5.74, 6) is 0. The largest absolute Gasteiger partial charge is 0.361 e. The van der Waals surface area contributed by atoms with Crippen molar-refractivity contribution in [2.45, 2.75) is 24.7 Å². The van der Waals surface area contributed by atoms with Crippen molar-refractivity contribution in [1.82, 2.24) is 19.9 Å². The highest BCUT2D eigenvalue weighted by Crippen LogP contribution is 2.22. The minimum Gasteiger partial charge on any atom is -0.361 e. The van der Waals surface area contributed by atoms with E-state index < -0.39 is 9.84 Å². The fourth-order valence-electron chi connectivity index (χ4n) is 3.27. The summed E-state index contributed by atoms with van der Waals surface area (Å²) in [7, 11) is -3.52. The first-order valence-electron chi connectivity index (χ1n) is 8.01. The molecule has 3 heterocycles. The average molecular weight is 358 g/mol. The minimum atomic E-state index is -3.52. The van der Waals surface area contributed by atoms with E-state index in [1.54, 1.807) is 0 Å². The normalized spacial score (nSPS) is 15.4. The Morgan fingerprint density at radius 3 is 2.88 bits per heavy atom. The Morgan fingerprint density at radius 2 is 2.08 bits per heavy atom. The molecule has 0 spiro atoms. The third-order valence-electron chi connectivity index (χ3n) is 4.55. The lowest BCUT2D eigenvalue weighted by Gasteiger charge is -2.27. The number of sulfone groups is 1. The first-order chi connectivity index (χ1) is 11.9. The Kier molecular flexibility index (Phi) is 3.73. The molecule has 0 saturated carbocycles. The molecule has 1 aliphatic heterocycles. The summed E-state index contributed by atoms with van der Waals surface area (Å²) >= 11 is 0. The third-order valence-corrected chi connectivity index (χ3v) is 5.44. The van der Waals surface area contributed by atoms with Crippen molar-refractivity contribution in [3.8, 4) is 0 Å². The van der Waals surface area contributed by atoms with Gasteiger partial charge in [-0.3, -0.25) is 14.7 Å². The van der Waals surface area contributed by atoms with E-state index in [0.717, 1.165) is 24.9 Å². The monoisotopic (exact) mass is 358 g/mol. The van der Waals surface area contributed by atoms with Crippen LogP contribution in [0.1, 0.15) is 16.8 Å². The van der Waals surface area contributed by atoms with Crippen LogP contribution in [0.25, 0.3) is 10.9 Å². The molecule has 0 saturated heterocycles. The fourth-order valence-corrected chi connectivity index (χ4v) is 3.83. The highest BCUT2D eigenvalue weighted by atomic mass is 32.2. The van der Waals surface area contributed by atoms with Crippen LogP contribution in [0.3, 0.4) is 0 Å². The topological polar surface area (TPSA) is 98.9 Å². The zero-order chi connectivity index (χ0) is 17.6.